The highest BCUT2D eigenvalue weighted by molar-refractivity contribution is 6.02. The number of hydrogen-bond donors (Lipinski definition) is 0. The highest BCUT2D eigenvalue weighted by Crippen LogP contribution is 2.20. The molecule has 2 aromatic carbocycles. The summed E-state index contributed by atoms with van der Waals surface area (Å²) in [6.07, 6.45) is 7.19. The van der Waals surface area contributed by atoms with Gasteiger partial charge in [0.2, 0.25) is 0 Å². The van der Waals surface area contributed by atoms with Crippen LogP contribution in [0.5, 0.6) is 11.5 Å². The molecule has 0 unspecified atom stereocenters. The first kappa shape index (κ1) is 19.5. The Bertz CT molecular complexity index is 861. The molecule has 0 amide bonds. The lowest BCUT2D eigenvalue weighted by atomic mass is 10.2. The Kier molecular flexibility index (Phi) is 7.07. The minimum absolute atomic E-state index is 0.619. The maximum atomic E-state index is 6.06. The van der Waals surface area contributed by atoms with Gasteiger partial charge in [-0.3, -0.25) is 4.57 Å². The van der Waals surface area contributed by atoms with Crippen molar-refractivity contribution in [2.75, 3.05) is 27.3 Å². The van der Waals surface area contributed by atoms with Gasteiger partial charge in [-0.2, -0.15) is 5.10 Å². The Morgan fingerprint density at radius 1 is 0.964 bits per heavy atom. The number of imidazole rings is 1. The van der Waals surface area contributed by atoms with Crippen LogP contribution in [0.25, 0.3) is 0 Å². The second kappa shape index (κ2) is 10.2. The van der Waals surface area contributed by atoms with Crippen LogP contribution in [0.15, 0.2) is 78.4 Å². The zero-order chi connectivity index (χ0) is 19.6. The van der Waals surface area contributed by atoms with E-state index < -0.39 is 0 Å². The average Bonchev–Trinajstić information content (AvgIpc) is 3.24. The molecular weight excluding hydrogens is 352 g/mol. The van der Waals surface area contributed by atoms with Crippen molar-refractivity contribution in [1.82, 2.24) is 14.6 Å². The molecule has 6 heteroatoms. The smallest absolute Gasteiger partial charge is 0.168 e. The van der Waals surface area contributed by atoms with Crippen LogP contribution in [0.3, 0.4) is 0 Å². The number of nitrogens with zero attached hydrogens (tertiary/aromatic N) is 4. The lowest BCUT2D eigenvalue weighted by molar-refractivity contribution is 0.266. The van der Waals surface area contributed by atoms with E-state index in [0.717, 1.165) is 35.7 Å². The molecular formula is C22H26N4O2. The summed E-state index contributed by atoms with van der Waals surface area (Å²) in [5.41, 5.74) is 0.926. The first-order chi connectivity index (χ1) is 13.7. The van der Waals surface area contributed by atoms with Crippen molar-refractivity contribution in [2.45, 2.75) is 12.8 Å². The summed E-state index contributed by atoms with van der Waals surface area (Å²) in [6, 6.07) is 17.8. The summed E-state index contributed by atoms with van der Waals surface area (Å²) in [6.45, 7) is 1.30. The molecule has 0 saturated carbocycles. The summed E-state index contributed by atoms with van der Waals surface area (Å²) in [4.78, 5) is 4.14. The quantitative estimate of drug-likeness (QED) is 0.245. The fraction of sp³-hybridized carbons (Fsp3) is 0.273. The predicted octanol–water partition coefficient (Wildman–Crippen LogP) is 3.89. The molecule has 0 aliphatic carbocycles. The Labute approximate surface area is 166 Å². The third-order valence-electron chi connectivity index (χ3n) is 3.98. The van der Waals surface area contributed by atoms with Crippen LogP contribution in [0, 0.1) is 0 Å². The van der Waals surface area contributed by atoms with Crippen LogP contribution in [-0.4, -0.2) is 47.7 Å². The van der Waals surface area contributed by atoms with Gasteiger partial charge in [0.25, 0.3) is 0 Å². The number of rotatable bonds is 9. The van der Waals surface area contributed by atoms with Gasteiger partial charge in [0.1, 0.15) is 17.8 Å². The molecule has 0 spiro atoms. The molecule has 1 heterocycles. The second-order valence-corrected chi connectivity index (χ2v) is 6.45. The molecule has 28 heavy (non-hydrogen) atoms. The van der Waals surface area contributed by atoms with Gasteiger partial charge in [-0.1, -0.05) is 30.3 Å². The Morgan fingerprint density at radius 2 is 1.68 bits per heavy atom. The number of hydrogen-bond acceptors (Lipinski definition) is 5. The van der Waals surface area contributed by atoms with Gasteiger partial charge in [0, 0.05) is 26.5 Å². The van der Waals surface area contributed by atoms with Crippen molar-refractivity contribution >= 4 is 5.84 Å². The van der Waals surface area contributed by atoms with Crippen molar-refractivity contribution in [3.63, 3.8) is 0 Å². The number of benzene rings is 2. The van der Waals surface area contributed by atoms with Gasteiger partial charge >= 0.3 is 0 Å². The molecule has 0 bridgehead atoms. The molecule has 3 aromatic rings. The van der Waals surface area contributed by atoms with Gasteiger partial charge in [-0.25, -0.2) is 4.98 Å². The second-order valence-electron chi connectivity index (χ2n) is 6.45. The zero-order valence-electron chi connectivity index (χ0n) is 16.4. The lowest BCUT2D eigenvalue weighted by Gasteiger charge is -2.16. The fourth-order valence-corrected chi connectivity index (χ4v) is 2.69. The van der Waals surface area contributed by atoms with E-state index in [1.165, 1.54) is 0 Å². The van der Waals surface area contributed by atoms with Crippen LogP contribution in [0.4, 0.5) is 0 Å². The normalized spacial score (nSPS) is 11.3. The summed E-state index contributed by atoms with van der Waals surface area (Å²) in [5.74, 6) is 2.48. The summed E-state index contributed by atoms with van der Waals surface area (Å²) in [7, 11) is 3.79. The minimum Gasteiger partial charge on any atom is -0.494 e. The first-order valence-corrected chi connectivity index (χ1v) is 9.38. The van der Waals surface area contributed by atoms with Gasteiger partial charge < -0.3 is 14.5 Å². The van der Waals surface area contributed by atoms with E-state index in [-0.39, 0.29) is 0 Å². The molecule has 0 N–H and O–H groups in total. The topological polar surface area (TPSA) is 51.9 Å². The van der Waals surface area contributed by atoms with E-state index in [2.05, 4.69) is 10.1 Å². The van der Waals surface area contributed by atoms with Crippen molar-refractivity contribution < 1.29 is 9.47 Å². The number of para-hydroxylation sites is 2. The zero-order valence-corrected chi connectivity index (χ0v) is 16.4. The van der Waals surface area contributed by atoms with E-state index >= 15 is 0 Å². The first-order valence-electron chi connectivity index (χ1n) is 9.38. The van der Waals surface area contributed by atoms with E-state index in [4.69, 9.17) is 9.47 Å². The third kappa shape index (κ3) is 5.61. The molecule has 6 nitrogen and oxygen atoms in total. The number of ether oxygens (including phenoxy) is 2. The van der Waals surface area contributed by atoms with Crippen LogP contribution in [-0.2, 0) is 0 Å². The summed E-state index contributed by atoms with van der Waals surface area (Å²) >= 11 is 0. The van der Waals surface area contributed by atoms with Crippen molar-refractivity contribution in [1.29, 1.82) is 0 Å². The van der Waals surface area contributed by atoms with Gasteiger partial charge in [0.05, 0.1) is 18.8 Å². The van der Waals surface area contributed by atoms with E-state index in [1.807, 2.05) is 79.5 Å². The molecule has 0 aliphatic rings. The minimum atomic E-state index is 0.619. The van der Waals surface area contributed by atoms with E-state index in [1.54, 1.807) is 17.5 Å². The monoisotopic (exact) mass is 378 g/mol. The maximum absolute atomic E-state index is 6.06. The lowest BCUT2D eigenvalue weighted by Crippen LogP contribution is -2.18. The van der Waals surface area contributed by atoms with Crippen molar-refractivity contribution in [2.24, 2.45) is 5.10 Å². The molecule has 0 radical (unpaired) electrons. The Balaban J connectivity index is 1.57. The van der Waals surface area contributed by atoms with Crippen molar-refractivity contribution in [3.05, 3.63) is 78.9 Å². The highest BCUT2D eigenvalue weighted by atomic mass is 16.5. The van der Waals surface area contributed by atoms with Gasteiger partial charge in [-0.15, -0.1) is 0 Å². The predicted molar refractivity (Wildman–Crippen MR) is 111 cm³/mol. The highest BCUT2D eigenvalue weighted by Gasteiger charge is 2.13. The van der Waals surface area contributed by atoms with Gasteiger partial charge in [0.15, 0.2) is 5.84 Å². The van der Waals surface area contributed by atoms with Crippen molar-refractivity contribution in [3.8, 4) is 11.5 Å². The maximum Gasteiger partial charge on any atom is 0.168 e. The van der Waals surface area contributed by atoms with E-state index in [9.17, 15) is 0 Å². The van der Waals surface area contributed by atoms with Crippen LogP contribution in [0.2, 0.25) is 0 Å². The standard InChI is InChI=1S/C22H26N4O2/c1-25(2)24-22(26-15-14-23-18-26)20-12-6-7-13-21(20)28-17-9-8-16-27-19-10-4-3-5-11-19/h3-7,10-15,18H,8-9,16-17H2,1-2H3/b24-22-. The van der Waals surface area contributed by atoms with Crippen LogP contribution >= 0.6 is 0 Å². The summed E-state index contributed by atoms with van der Waals surface area (Å²) in [5, 5.41) is 6.39. The van der Waals surface area contributed by atoms with Crippen LogP contribution in [0.1, 0.15) is 18.4 Å². The largest absolute Gasteiger partial charge is 0.494 e. The van der Waals surface area contributed by atoms with E-state index in [0.29, 0.717) is 13.2 Å². The SMILES string of the molecule is CN(C)/N=C(/c1ccccc1OCCCCOc1ccccc1)n1ccnc1. The molecule has 1 aromatic heterocycles. The molecule has 146 valence electrons. The van der Waals surface area contributed by atoms with Crippen LogP contribution < -0.4 is 9.47 Å². The molecule has 0 fully saturated rings. The molecule has 0 atom stereocenters. The Morgan fingerprint density at radius 3 is 2.39 bits per heavy atom. The fourth-order valence-electron chi connectivity index (χ4n) is 2.69. The van der Waals surface area contributed by atoms with Gasteiger partial charge in [-0.05, 0) is 37.1 Å². The molecule has 0 aliphatic heterocycles. The summed E-state index contributed by atoms with van der Waals surface area (Å²) < 4.78 is 13.7. The third-order valence-corrected chi connectivity index (χ3v) is 3.98. The Hall–Kier alpha value is -3.28. The molecule has 0 saturated heterocycles. The molecule has 3 rings (SSSR count). The number of unbranched alkanes of at least 4 members (excludes halogenated alkanes) is 1. The number of aromatic nitrogens is 2. The average molecular weight is 378 g/mol. The number of hydrazone groups is 1.